The first kappa shape index (κ1) is 15.6. The van der Waals surface area contributed by atoms with Gasteiger partial charge in [-0.2, -0.15) is 0 Å². The van der Waals surface area contributed by atoms with E-state index in [1.54, 1.807) is 0 Å². The van der Waals surface area contributed by atoms with E-state index in [4.69, 9.17) is 17.4 Å². The second-order valence-corrected chi connectivity index (χ2v) is 6.27. The van der Waals surface area contributed by atoms with Crippen LogP contribution in [0, 0.1) is 5.82 Å². The molecule has 4 N–H and O–H groups in total. The number of nitrogens with zero attached hydrogens (tertiary/aromatic N) is 1. The lowest BCUT2D eigenvalue weighted by Gasteiger charge is -2.08. The summed E-state index contributed by atoms with van der Waals surface area (Å²) in [6.07, 6.45) is 1.32. The predicted molar refractivity (Wildman–Crippen MR) is 77.5 cm³/mol. The van der Waals surface area contributed by atoms with Crippen molar-refractivity contribution in [1.82, 2.24) is 9.71 Å². The zero-order chi connectivity index (χ0) is 15.5. The van der Waals surface area contributed by atoms with Crippen LogP contribution in [0.1, 0.15) is 5.56 Å². The Kier molecular flexibility index (Phi) is 4.73. The molecule has 1 heterocycles. The highest BCUT2D eigenvalue weighted by Crippen LogP contribution is 2.17. The van der Waals surface area contributed by atoms with Crippen molar-refractivity contribution in [3.63, 3.8) is 0 Å². The number of hydrazine groups is 1. The largest absolute Gasteiger partial charge is 0.308 e. The van der Waals surface area contributed by atoms with Crippen LogP contribution in [0.2, 0.25) is 5.02 Å². The molecule has 9 heteroatoms. The van der Waals surface area contributed by atoms with Crippen molar-refractivity contribution in [3.05, 3.63) is 52.9 Å². The lowest BCUT2D eigenvalue weighted by atomic mass is 10.2. The van der Waals surface area contributed by atoms with Crippen LogP contribution >= 0.6 is 11.6 Å². The maximum absolute atomic E-state index is 13.0. The second-order valence-electron chi connectivity index (χ2n) is 4.09. The van der Waals surface area contributed by atoms with Gasteiger partial charge in [-0.05, 0) is 23.8 Å². The summed E-state index contributed by atoms with van der Waals surface area (Å²) in [5, 5.41) is -0.0646. The molecule has 0 atom stereocenters. The molecular weight excluding hydrogens is 319 g/mol. The third-order valence-corrected chi connectivity index (χ3v) is 4.33. The van der Waals surface area contributed by atoms with Gasteiger partial charge >= 0.3 is 0 Å². The molecule has 0 amide bonds. The molecule has 0 aliphatic heterocycles. The maximum atomic E-state index is 13.0. The van der Waals surface area contributed by atoms with Crippen LogP contribution in [-0.2, 0) is 16.6 Å². The molecule has 0 fully saturated rings. The van der Waals surface area contributed by atoms with Gasteiger partial charge in [0.2, 0.25) is 10.0 Å². The summed E-state index contributed by atoms with van der Waals surface area (Å²) in [7, 11) is -3.74. The minimum atomic E-state index is -3.74. The molecule has 1 aromatic heterocycles. The topological polar surface area (TPSA) is 97.1 Å². The highest BCUT2D eigenvalue weighted by molar-refractivity contribution is 7.89. The number of benzene rings is 1. The molecule has 21 heavy (non-hydrogen) atoms. The van der Waals surface area contributed by atoms with Crippen molar-refractivity contribution < 1.29 is 12.8 Å². The number of halogens is 2. The van der Waals surface area contributed by atoms with Gasteiger partial charge in [0.25, 0.3) is 0 Å². The predicted octanol–water partition coefficient (Wildman–Crippen LogP) is 1.64. The standard InChI is InChI=1S/C12H12ClFN4O2S/c13-10-5-8(1-2-11(10)14)7-17-21(19,20)9-3-4-16-12(6-9)18-15/h1-6,17H,7,15H2,(H,16,18). The third-order valence-electron chi connectivity index (χ3n) is 2.64. The number of nitrogen functional groups attached to an aromatic ring is 1. The number of pyridine rings is 1. The molecule has 6 nitrogen and oxygen atoms in total. The number of aromatic nitrogens is 1. The monoisotopic (exact) mass is 330 g/mol. The molecule has 1 aromatic carbocycles. The Balaban J connectivity index is 2.15. The highest BCUT2D eigenvalue weighted by Gasteiger charge is 2.14. The molecule has 0 saturated carbocycles. The number of nitrogens with one attached hydrogen (secondary N) is 2. The van der Waals surface area contributed by atoms with Crippen molar-refractivity contribution in [3.8, 4) is 0 Å². The summed E-state index contributed by atoms with van der Waals surface area (Å²) >= 11 is 5.64. The van der Waals surface area contributed by atoms with Gasteiger partial charge in [-0.1, -0.05) is 17.7 Å². The highest BCUT2D eigenvalue weighted by atomic mass is 35.5. The number of nitrogens with two attached hydrogens (primary N) is 1. The van der Waals surface area contributed by atoms with E-state index in [0.29, 0.717) is 5.56 Å². The number of anilines is 1. The number of hydrogen-bond acceptors (Lipinski definition) is 5. The number of sulfonamides is 1. The van der Waals surface area contributed by atoms with Crippen LogP contribution in [0.25, 0.3) is 0 Å². The summed E-state index contributed by atoms with van der Waals surface area (Å²) in [5.74, 6) is 4.85. The van der Waals surface area contributed by atoms with Crippen LogP contribution in [0.3, 0.4) is 0 Å². The summed E-state index contributed by atoms with van der Waals surface area (Å²) in [6, 6.07) is 6.61. The Hall–Kier alpha value is -1.74. The van der Waals surface area contributed by atoms with Crippen LogP contribution in [-0.4, -0.2) is 13.4 Å². The SMILES string of the molecule is NNc1cc(S(=O)(=O)NCc2ccc(F)c(Cl)c2)ccn1. The first-order valence-electron chi connectivity index (χ1n) is 5.78. The Bertz CT molecular complexity index is 755. The van der Waals surface area contributed by atoms with Gasteiger partial charge in [0, 0.05) is 18.8 Å². The van der Waals surface area contributed by atoms with Crippen LogP contribution in [0.5, 0.6) is 0 Å². The Morgan fingerprint density at radius 3 is 2.71 bits per heavy atom. The fourth-order valence-electron chi connectivity index (χ4n) is 1.57. The van der Waals surface area contributed by atoms with Gasteiger partial charge in [-0.15, -0.1) is 0 Å². The zero-order valence-corrected chi connectivity index (χ0v) is 12.2. The quantitative estimate of drug-likeness (QED) is 0.572. The van der Waals surface area contributed by atoms with Crippen LogP contribution in [0.15, 0.2) is 41.4 Å². The van der Waals surface area contributed by atoms with Gasteiger partial charge in [0.05, 0.1) is 9.92 Å². The van der Waals surface area contributed by atoms with E-state index < -0.39 is 15.8 Å². The average Bonchev–Trinajstić information content (AvgIpc) is 2.48. The smallest absolute Gasteiger partial charge is 0.241 e. The van der Waals surface area contributed by atoms with E-state index in [1.165, 1.54) is 36.5 Å². The molecule has 0 unspecified atom stereocenters. The van der Waals surface area contributed by atoms with Crippen LogP contribution < -0.4 is 16.0 Å². The molecular formula is C12H12ClFN4O2S. The first-order valence-corrected chi connectivity index (χ1v) is 7.65. The number of rotatable bonds is 5. The summed E-state index contributed by atoms with van der Waals surface area (Å²) < 4.78 is 39.6. The summed E-state index contributed by atoms with van der Waals surface area (Å²) in [5.41, 5.74) is 2.80. The molecule has 2 aromatic rings. The molecule has 0 radical (unpaired) electrons. The Labute approximate surface area is 126 Å². The minimum absolute atomic E-state index is 0.0126. The fraction of sp³-hybridized carbons (Fsp3) is 0.0833. The van der Waals surface area contributed by atoms with Gasteiger partial charge in [-0.3, -0.25) is 0 Å². The van der Waals surface area contributed by atoms with E-state index in [0.717, 1.165) is 0 Å². The first-order chi connectivity index (χ1) is 9.92. The molecule has 112 valence electrons. The van der Waals surface area contributed by atoms with E-state index in [9.17, 15) is 12.8 Å². The maximum Gasteiger partial charge on any atom is 0.241 e. The second kappa shape index (κ2) is 6.35. The third kappa shape index (κ3) is 3.88. The lowest BCUT2D eigenvalue weighted by molar-refractivity contribution is 0.581. The van der Waals surface area contributed by atoms with Crippen molar-refractivity contribution in [1.29, 1.82) is 0 Å². The van der Waals surface area contributed by atoms with Crippen molar-refractivity contribution in [2.45, 2.75) is 11.4 Å². The Morgan fingerprint density at radius 2 is 2.05 bits per heavy atom. The number of hydrogen-bond donors (Lipinski definition) is 3. The van der Waals surface area contributed by atoms with Crippen LogP contribution in [0.4, 0.5) is 10.2 Å². The average molecular weight is 331 g/mol. The molecule has 2 rings (SSSR count). The lowest BCUT2D eigenvalue weighted by Crippen LogP contribution is -2.23. The minimum Gasteiger partial charge on any atom is -0.308 e. The normalized spacial score (nSPS) is 11.4. The van der Waals surface area contributed by atoms with E-state index >= 15 is 0 Å². The van der Waals surface area contributed by atoms with Gasteiger partial charge < -0.3 is 5.43 Å². The molecule has 0 bridgehead atoms. The van der Waals surface area contributed by atoms with Gasteiger partial charge in [0.15, 0.2) is 0 Å². The summed E-state index contributed by atoms with van der Waals surface area (Å²) in [4.78, 5) is 3.84. The molecule has 0 saturated heterocycles. The zero-order valence-electron chi connectivity index (χ0n) is 10.7. The van der Waals surface area contributed by atoms with E-state index in [1.807, 2.05) is 0 Å². The van der Waals surface area contributed by atoms with Crippen molar-refractivity contribution >= 4 is 27.4 Å². The summed E-state index contributed by atoms with van der Waals surface area (Å²) in [6.45, 7) is -0.0178. The van der Waals surface area contributed by atoms with Crippen molar-refractivity contribution in [2.75, 3.05) is 5.43 Å². The van der Waals surface area contributed by atoms with E-state index in [-0.39, 0.29) is 22.3 Å². The molecule has 0 aliphatic carbocycles. The van der Waals surface area contributed by atoms with E-state index in [2.05, 4.69) is 15.1 Å². The molecule has 0 aliphatic rings. The van der Waals surface area contributed by atoms with Crippen molar-refractivity contribution in [2.24, 2.45) is 5.84 Å². The fourth-order valence-corrected chi connectivity index (χ4v) is 2.80. The Morgan fingerprint density at radius 1 is 1.29 bits per heavy atom. The van der Waals surface area contributed by atoms with Gasteiger partial charge in [0.1, 0.15) is 11.6 Å². The van der Waals surface area contributed by atoms with Gasteiger partial charge in [-0.25, -0.2) is 28.4 Å². The molecule has 0 spiro atoms.